The van der Waals surface area contributed by atoms with Gasteiger partial charge in [-0.3, -0.25) is 0 Å². The standard InChI is InChI=1S/C53H31N3O2/c1-2-9-32(10-3-1)38-23-27-43-48(31-38)58-46-16-8-14-44(50(43)46)53-55-51(35-20-17-34(18-21-35)37-22-19-33-11-4-5-12-36(33)29-37)54-52(56-53)40-24-26-41-39(30-40)25-28-47-49(41)42-13-6-7-15-45(42)57-47/h1-31H. The van der Waals surface area contributed by atoms with Crippen molar-refractivity contribution in [2.75, 3.05) is 0 Å². The molecule has 0 N–H and O–H groups in total. The van der Waals surface area contributed by atoms with Crippen LogP contribution >= 0.6 is 0 Å². The predicted octanol–water partition coefficient (Wildman–Crippen LogP) is 14.3. The maximum absolute atomic E-state index is 6.52. The Morgan fingerprint density at radius 1 is 0.276 bits per heavy atom. The van der Waals surface area contributed by atoms with Gasteiger partial charge in [0.05, 0.1) is 0 Å². The number of benzene rings is 9. The SMILES string of the molecule is c1ccc(-c2ccc3c(c2)oc2cccc(-c4nc(-c5ccc(-c6ccc7ccccc7c6)cc5)nc(-c5ccc6c(ccc7oc8ccccc8c76)c5)n4)c23)cc1. The lowest BCUT2D eigenvalue weighted by Crippen LogP contribution is -2.00. The number of hydrogen-bond acceptors (Lipinski definition) is 5. The van der Waals surface area contributed by atoms with Crippen LogP contribution in [0.25, 0.3) is 122 Å². The average molecular weight is 742 g/mol. The van der Waals surface area contributed by atoms with Crippen molar-refractivity contribution in [1.29, 1.82) is 0 Å². The van der Waals surface area contributed by atoms with E-state index in [0.29, 0.717) is 17.5 Å². The normalized spacial score (nSPS) is 11.8. The van der Waals surface area contributed by atoms with Gasteiger partial charge in [0, 0.05) is 38.2 Å². The first-order valence-corrected chi connectivity index (χ1v) is 19.4. The van der Waals surface area contributed by atoms with Crippen LogP contribution < -0.4 is 0 Å². The van der Waals surface area contributed by atoms with E-state index in [1.807, 2.05) is 30.3 Å². The first-order chi connectivity index (χ1) is 28.7. The van der Waals surface area contributed by atoms with E-state index in [1.54, 1.807) is 0 Å². The second kappa shape index (κ2) is 12.8. The van der Waals surface area contributed by atoms with Crippen molar-refractivity contribution >= 4 is 65.4 Å². The van der Waals surface area contributed by atoms with E-state index in [1.165, 1.54) is 10.8 Å². The van der Waals surface area contributed by atoms with Crippen molar-refractivity contribution < 1.29 is 8.83 Å². The molecule has 3 aromatic heterocycles. The molecule has 0 aliphatic carbocycles. The Morgan fingerprint density at radius 3 is 1.74 bits per heavy atom. The van der Waals surface area contributed by atoms with Crippen LogP contribution in [0.15, 0.2) is 197 Å². The summed E-state index contributed by atoms with van der Waals surface area (Å²) in [6.07, 6.45) is 0. The third-order valence-electron chi connectivity index (χ3n) is 11.3. The molecule has 9 aromatic carbocycles. The first kappa shape index (κ1) is 32.4. The summed E-state index contributed by atoms with van der Waals surface area (Å²) in [4.78, 5) is 15.6. The predicted molar refractivity (Wildman–Crippen MR) is 237 cm³/mol. The van der Waals surface area contributed by atoms with Gasteiger partial charge in [-0.2, -0.15) is 0 Å². The zero-order valence-corrected chi connectivity index (χ0v) is 31.1. The molecule has 12 aromatic rings. The van der Waals surface area contributed by atoms with E-state index in [9.17, 15) is 0 Å². The molecule has 0 fully saturated rings. The second-order valence-electron chi connectivity index (χ2n) is 14.8. The molecule has 0 aliphatic rings. The molecule has 0 atom stereocenters. The lowest BCUT2D eigenvalue weighted by Gasteiger charge is -2.11. The van der Waals surface area contributed by atoms with Crippen LogP contribution in [0.1, 0.15) is 0 Å². The van der Waals surface area contributed by atoms with E-state index >= 15 is 0 Å². The van der Waals surface area contributed by atoms with Gasteiger partial charge in [-0.1, -0.05) is 146 Å². The van der Waals surface area contributed by atoms with Crippen molar-refractivity contribution in [1.82, 2.24) is 15.0 Å². The minimum Gasteiger partial charge on any atom is -0.456 e. The van der Waals surface area contributed by atoms with Gasteiger partial charge in [0.25, 0.3) is 0 Å². The Balaban J connectivity index is 1.03. The fourth-order valence-electron chi connectivity index (χ4n) is 8.45. The second-order valence-corrected chi connectivity index (χ2v) is 14.8. The monoisotopic (exact) mass is 741 g/mol. The first-order valence-electron chi connectivity index (χ1n) is 19.4. The molecular formula is C53H31N3O2. The van der Waals surface area contributed by atoms with Gasteiger partial charge in [-0.15, -0.1) is 0 Å². The zero-order valence-electron chi connectivity index (χ0n) is 31.1. The van der Waals surface area contributed by atoms with Gasteiger partial charge in [0.1, 0.15) is 22.3 Å². The molecule has 270 valence electrons. The smallest absolute Gasteiger partial charge is 0.164 e. The summed E-state index contributed by atoms with van der Waals surface area (Å²) in [6, 6.07) is 65.2. The Hall–Kier alpha value is -7.89. The summed E-state index contributed by atoms with van der Waals surface area (Å²) < 4.78 is 12.7. The molecule has 5 nitrogen and oxygen atoms in total. The fraction of sp³-hybridized carbons (Fsp3) is 0. The van der Waals surface area contributed by atoms with Crippen molar-refractivity contribution in [3.8, 4) is 56.4 Å². The third kappa shape index (κ3) is 5.29. The number of furan rings is 2. The van der Waals surface area contributed by atoms with Gasteiger partial charge >= 0.3 is 0 Å². The summed E-state index contributed by atoms with van der Waals surface area (Å²) in [6.45, 7) is 0. The molecule has 58 heavy (non-hydrogen) atoms. The quantitative estimate of drug-likeness (QED) is 0.176. The number of aromatic nitrogens is 3. The molecule has 0 bridgehead atoms. The summed E-state index contributed by atoms with van der Waals surface area (Å²) in [5.41, 5.74) is 10.6. The van der Waals surface area contributed by atoms with Crippen molar-refractivity contribution in [3.05, 3.63) is 188 Å². The summed E-state index contributed by atoms with van der Waals surface area (Å²) in [7, 11) is 0. The fourth-order valence-corrected chi connectivity index (χ4v) is 8.45. The van der Waals surface area contributed by atoms with Crippen LogP contribution in [0.3, 0.4) is 0 Å². The number of nitrogens with zero attached hydrogens (tertiary/aromatic N) is 3. The van der Waals surface area contributed by atoms with Gasteiger partial charge in [0.2, 0.25) is 0 Å². The van der Waals surface area contributed by atoms with Crippen molar-refractivity contribution in [2.24, 2.45) is 0 Å². The molecule has 0 radical (unpaired) electrons. The Kier molecular flexibility index (Phi) is 7.16. The zero-order chi connectivity index (χ0) is 38.2. The Bertz CT molecular complexity index is 3570. The van der Waals surface area contributed by atoms with Gasteiger partial charge in [-0.25, -0.2) is 15.0 Å². The highest BCUT2D eigenvalue weighted by molar-refractivity contribution is 6.19. The molecule has 0 aliphatic heterocycles. The molecular weight excluding hydrogens is 711 g/mol. The van der Waals surface area contributed by atoms with Crippen molar-refractivity contribution in [2.45, 2.75) is 0 Å². The average Bonchev–Trinajstić information content (AvgIpc) is 3.87. The third-order valence-corrected chi connectivity index (χ3v) is 11.3. The van der Waals surface area contributed by atoms with Crippen LogP contribution in [0.2, 0.25) is 0 Å². The number of fused-ring (bicyclic) bond motifs is 9. The maximum Gasteiger partial charge on any atom is 0.164 e. The highest BCUT2D eigenvalue weighted by Crippen LogP contribution is 2.40. The number of rotatable bonds is 5. The summed E-state index contributed by atoms with van der Waals surface area (Å²) >= 11 is 0. The molecule has 5 heteroatoms. The van der Waals surface area contributed by atoms with Crippen LogP contribution in [0.4, 0.5) is 0 Å². The molecule has 0 amide bonds. The van der Waals surface area contributed by atoms with Crippen LogP contribution in [0.5, 0.6) is 0 Å². The molecule has 0 saturated carbocycles. The van der Waals surface area contributed by atoms with Crippen LogP contribution in [-0.4, -0.2) is 15.0 Å². The van der Waals surface area contributed by atoms with Gasteiger partial charge < -0.3 is 8.83 Å². The highest BCUT2D eigenvalue weighted by atomic mass is 16.3. The summed E-state index contributed by atoms with van der Waals surface area (Å²) in [5.74, 6) is 1.77. The molecule has 0 spiro atoms. The van der Waals surface area contributed by atoms with E-state index < -0.39 is 0 Å². The Morgan fingerprint density at radius 2 is 0.845 bits per heavy atom. The largest absolute Gasteiger partial charge is 0.456 e. The molecule has 3 heterocycles. The summed E-state index contributed by atoms with van der Waals surface area (Å²) in [5, 5.41) is 8.83. The van der Waals surface area contributed by atoms with E-state index in [-0.39, 0.29) is 0 Å². The molecule has 0 saturated heterocycles. The maximum atomic E-state index is 6.52. The minimum atomic E-state index is 0.579. The molecule has 0 unspecified atom stereocenters. The number of hydrogen-bond donors (Lipinski definition) is 0. The van der Waals surface area contributed by atoms with E-state index in [2.05, 4.69) is 158 Å². The van der Waals surface area contributed by atoms with Crippen molar-refractivity contribution in [3.63, 3.8) is 0 Å². The highest BCUT2D eigenvalue weighted by Gasteiger charge is 2.19. The van der Waals surface area contributed by atoms with E-state index in [0.717, 1.165) is 93.6 Å². The lowest BCUT2D eigenvalue weighted by atomic mass is 10.00. The van der Waals surface area contributed by atoms with Crippen LogP contribution in [-0.2, 0) is 0 Å². The Labute approximate surface area is 332 Å². The lowest BCUT2D eigenvalue weighted by molar-refractivity contribution is 0.669. The van der Waals surface area contributed by atoms with E-state index in [4.69, 9.17) is 23.8 Å². The topological polar surface area (TPSA) is 65.0 Å². The minimum absolute atomic E-state index is 0.579. The number of para-hydroxylation sites is 1. The molecule has 12 rings (SSSR count). The van der Waals surface area contributed by atoms with Gasteiger partial charge in [-0.05, 0) is 86.3 Å². The van der Waals surface area contributed by atoms with Crippen LogP contribution in [0, 0.1) is 0 Å². The van der Waals surface area contributed by atoms with Gasteiger partial charge in [0.15, 0.2) is 17.5 Å².